The summed E-state index contributed by atoms with van der Waals surface area (Å²) in [5.41, 5.74) is -0.849. The third kappa shape index (κ3) is 4.07. The molecule has 2 N–H and O–H groups in total. The van der Waals surface area contributed by atoms with Crippen LogP contribution in [0.3, 0.4) is 0 Å². The SMILES string of the molecule is CC(C)(CC(=O)O)CC(O)c1cc(F)ccc1F. The summed E-state index contributed by atoms with van der Waals surface area (Å²) in [6, 6.07) is 2.84. The summed E-state index contributed by atoms with van der Waals surface area (Å²) in [4.78, 5) is 10.6. The van der Waals surface area contributed by atoms with Crippen LogP contribution < -0.4 is 0 Å². The van der Waals surface area contributed by atoms with Crippen molar-refractivity contribution in [3.63, 3.8) is 0 Å². The molecule has 3 nitrogen and oxygen atoms in total. The molecule has 0 heterocycles. The number of hydrogen-bond acceptors (Lipinski definition) is 2. The lowest BCUT2D eigenvalue weighted by molar-refractivity contribution is -0.139. The number of rotatable bonds is 5. The van der Waals surface area contributed by atoms with Crippen molar-refractivity contribution in [1.82, 2.24) is 0 Å². The van der Waals surface area contributed by atoms with Crippen LogP contribution >= 0.6 is 0 Å². The topological polar surface area (TPSA) is 57.5 Å². The Labute approximate surface area is 104 Å². The van der Waals surface area contributed by atoms with Crippen LogP contribution in [0.25, 0.3) is 0 Å². The van der Waals surface area contributed by atoms with E-state index in [0.717, 1.165) is 18.2 Å². The lowest BCUT2D eigenvalue weighted by Crippen LogP contribution is -2.20. The van der Waals surface area contributed by atoms with Gasteiger partial charge in [0, 0.05) is 5.56 Å². The molecule has 0 aliphatic carbocycles. The van der Waals surface area contributed by atoms with E-state index in [1.54, 1.807) is 13.8 Å². The highest BCUT2D eigenvalue weighted by atomic mass is 19.1. The van der Waals surface area contributed by atoms with Crippen LogP contribution in [0.2, 0.25) is 0 Å². The van der Waals surface area contributed by atoms with Gasteiger partial charge in [-0.05, 0) is 30.0 Å². The number of halogens is 2. The molecule has 0 aliphatic rings. The molecule has 0 amide bonds. The van der Waals surface area contributed by atoms with E-state index < -0.39 is 29.1 Å². The summed E-state index contributed by atoms with van der Waals surface area (Å²) in [6.07, 6.45) is -1.34. The Hall–Kier alpha value is -1.49. The fourth-order valence-electron chi connectivity index (χ4n) is 1.88. The lowest BCUT2D eigenvalue weighted by atomic mass is 9.82. The fourth-order valence-corrected chi connectivity index (χ4v) is 1.88. The third-order valence-corrected chi connectivity index (χ3v) is 2.69. The van der Waals surface area contributed by atoms with Crippen molar-refractivity contribution < 1.29 is 23.8 Å². The van der Waals surface area contributed by atoms with Crippen molar-refractivity contribution in [2.24, 2.45) is 5.41 Å². The smallest absolute Gasteiger partial charge is 0.303 e. The molecule has 0 aromatic heterocycles. The number of aliphatic hydroxyl groups excluding tert-OH is 1. The van der Waals surface area contributed by atoms with Gasteiger partial charge in [-0.15, -0.1) is 0 Å². The largest absolute Gasteiger partial charge is 0.481 e. The van der Waals surface area contributed by atoms with Crippen molar-refractivity contribution in [1.29, 1.82) is 0 Å². The Morgan fingerprint density at radius 3 is 2.56 bits per heavy atom. The van der Waals surface area contributed by atoms with Gasteiger partial charge in [0.2, 0.25) is 0 Å². The van der Waals surface area contributed by atoms with Crippen LogP contribution in [0.15, 0.2) is 18.2 Å². The molecule has 0 bridgehead atoms. The first-order valence-electron chi connectivity index (χ1n) is 5.56. The summed E-state index contributed by atoms with van der Waals surface area (Å²) >= 11 is 0. The average Bonchev–Trinajstić information content (AvgIpc) is 2.18. The van der Waals surface area contributed by atoms with Gasteiger partial charge in [0.1, 0.15) is 11.6 Å². The quantitative estimate of drug-likeness (QED) is 0.853. The molecule has 1 aromatic carbocycles. The molecular weight excluding hydrogens is 242 g/mol. The number of carboxylic acids is 1. The van der Waals surface area contributed by atoms with Crippen LogP contribution in [0.5, 0.6) is 0 Å². The molecule has 1 unspecified atom stereocenters. The van der Waals surface area contributed by atoms with E-state index in [0.29, 0.717) is 0 Å². The van der Waals surface area contributed by atoms with Crippen molar-refractivity contribution in [3.8, 4) is 0 Å². The highest BCUT2D eigenvalue weighted by molar-refractivity contribution is 5.67. The summed E-state index contributed by atoms with van der Waals surface area (Å²) in [5.74, 6) is -2.33. The second-order valence-electron chi connectivity index (χ2n) is 5.12. The highest BCUT2D eigenvalue weighted by Crippen LogP contribution is 2.33. The second kappa shape index (κ2) is 5.44. The van der Waals surface area contributed by atoms with Crippen molar-refractivity contribution >= 4 is 5.97 Å². The van der Waals surface area contributed by atoms with Gasteiger partial charge in [0.05, 0.1) is 12.5 Å². The molecule has 1 aromatic rings. The molecule has 18 heavy (non-hydrogen) atoms. The first-order valence-corrected chi connectivity index (χ1v) is 5.56. The molecule has 0 fully saturated rings. The summed E-state index contributed by atoms with van der Waals surface area (Å²) in [6.45, 7) is 3.31. The standard InChI is InChI=1S/C13H16F2O3/c1-13(2,7-12(17)18)6-11(16)9-5-8(14)3-4-10(9)15/h3-5,11,16H,6-7H2,1-2H3,(H,17,18). The minimum atomic E-state index is -1.23. The molecule has 5 heteroatoms. The van der Waals surface area contributed by atoms with Crippen LogP contribution in [0, 0.1) is 17.0 Å². The molecule has 1 rings (SSSR count). The first-order chi connectivity index (χ1) is 8.21. The molecule has 0 saturated heterocycles. The molecule has 0 spiro atoms. The molecular formula is C13H16F2O3. The zero-order valence-corrected chi connectivity index (χ0v) is 10.3. The maximum atomic E-state index is 13.4. The Bertz CT molecular complexity index is 444. The zero-order valence-electron chi connectivity index (χ0n) is 10.3. The van der Waals surface area contributed by atoms with Gasteiger partial charge in [-0.25, -0.2) is 8.78 Å². The second-order valence-corrected chi connectivity index (χ2v) is 5.12. The van der Waals surface area contributed by atoms with E-state index in [1.165, 1.54) is 0 Å². The number of carbonyl (C=O) groups is 1. The Morgan fingerprint density at radius 1 is 1.39 bits per heavy atom. The normalized spacial score (nSPS) is 13.4. The number of hydrogen-bond donors (Lipinski definition) is 2. The van der Waals surface area contributed by atoms with Gasteiger partial charge < -0.3 is 10.2 Å². The van der Waals surface area contributed by atoms with E-state index in [1.807, 2.05) is 0 Å². The van der Waals surface area contributed by atoms with Gasteiger partial charge in [-0.3, -0.25) is 4.79 Å². The van der Waals surface area contributed by atoms with E-state index in [-0.39, 0.29) is 18.4 Å². The number of benzene rings is 1. The number of aliphatic hydroxyl groups is 1. The lowest BCUT2D eigenvalue weighted by Gasteiger charge is -2.25. The number of carboxylic acid groups (broad SMARTS) is 1. The maximum absolute atomic E-state index is 13.4. The highest BCUT2D eigenvalue weighted by Gasteiger charge is 2.27. The van der Waals surface area contributed by atoms with E-state index >= 15 is 0 Å². The minimum absolute atomic E-state index is 0.0413. The van der Waals surface area contributed by atoms with Gasteiger partial charge in [0.25, 0.3) is 0 Å². The van der Waals surface area contributed by atoms with Gasteiger partial charge in [-0.2, -0.15) is 0 Å². The van der Waals surface area contributed by atoms with Crippen LogP contribution in [0.1, 0.15) is 38.4 Å². The maximum Gasteiger partial charge on any atom is 0.303 e. The Balaban J connectivity index is 2.84. The summed E-state index contributed by atoms with van der Waals surface area (Å²) in [7, 11) is 0. The molecule has 1 atom stereocenters. The van der Waals surface area contributed by atoms with Gasteiger partial charge >= 0.3 is 5.97 Å². The summed E-state index contributed by atoms with van der Waals surface area (Å²) < 4.78 is 26.4. The van der Waals surface area contributed by atoms with E-state index in [2.05, 4.69) is 0 Å². The van der Waals surface area contributed by atoms with Gasteiger partial charge in [-0.1, -0.05) is 13.8 Å². The predicted octanol–water partition coefficient (Wildman–Crippen LogP) is 2.89. The first kappa shape index (κ1) is 14.6. The Kier molecular flexibility index (Phi) is 4.40. The summed E-state index contributed by atoms with van der Waals surface area (Å²) in [5, 5.41) is 18.6. The number of aliphatic carboxylic acids is 1. The van der Waals surface area contributed by atoms with Crippen LogP contribution in [-0.2, 0) is 4.79 Å². The average molecular weight is 258 g/mol. The van der Waals surface area contributed by atoms with E-state index in [4.69, 9.17) is 5.11 Å². The third-order valence-electron chi connectivity index (χ3n) is 2.69. The predicted molar refractivity (Wildman–Crippen MR) is 62.0 cm³/mol. The van der Waals surface area contributed by atoms with Gasteiger partial charge in [0.15, 0.2) is 0 Å². The van der Waals surface area contributed by atoms with Crippen molar-refractivity contribution in [3.05, 3.63) is 35.4 Å². The van der Waals surface area contributed by atoms with Crippen LogP contribution in [-0.4, -0.2) is 16.2 Å². The molecule has 0 saturated carbocycles. The monoisotopic (exact) mass is 258 g/mol. The fraction of sp³-hybridized carbons (Fsp3) is 0.462. The van der Waals surface area contributed by atoms with Crippen LogP contribution in [0.4, 0.5) is 8.78 Å². The van der Waals surface area contributed by atoms with E-state index in [9.17, 15) is 18.7 Å². The zero-order chi connectivity index (χ0) is 13.9. The molecule has 100 valence electrons. The minimum Gasteiger partial charge on any atom is -0.481 e. The van der Waals surface area contributed by atoms with Crippen molar-refractivity contribution in [2.45, 2.75) is 32.8 Å². The van der Waals surface area contributed by atoms with Crippen molar-refractivity contribution in [2.75, 3.05) is 0 Å². The molecule has 0 radical (unpaired) electrons. The Morgan fingerprint density at radius 2 is 2.00 bits per heavy atom. The molecule has 0 aliphatic heterocycles.